The number of aliphatic hydroxyl groups excluding tert-OH is 1. The molecule has 0 saturated carbocycles. The molecule has 0 spiro atoms. The maximum Gasteiger partial charge on any atom is 0.306 e. The molecule has 0 aromatic heterocycles. The Balaban J connectivity index is 3.39. The zero-order valence-electron chi connectivity index (χ0n) is 47.6. The minimum atomic E-state index is -0.770. The Hall–Kier alpha value is -1.62. The zero-order valence-corrected chi connectivity index (χ0v) is 47.6. The van der Waals surface area contributed by atoms with Crippen molar-refractivity contribution >= 4 is 11.9 Å². The molecule has 0 aliphatic rings. The summed E-state index contributed by atoms with van der Waals surface area (Å²) >= 11 is 0. The van der Waals surface area contributed by atoms with Crippen molar-refractivity contribution < 1.29 is 24.2 Å². The van der Waals surface area contributed by atoms with E-state index in [-0.39, 0.29) is 25.2 Å². The maximum atomic E-state index is 12.3. The summed E-state index contributed by atoms with van der Waals surface area (Å²) in [5.74, 6) is -0.571. The van der Waals surface area contributed by atoms with Gasteiger partial charge in [-0.05, 0) is 44.9 Å². The summed E-state index contributed by atoms with van der Waals surface area (Å²) in [6.45, 7) is 4.19. The second-order valence-corrected chi connectivity index (χ2v) is 21.9. The van der Waals surface area contributed by atoms with Crippen molar-refractivity contribution in [1.82, 2.24) is 0 Å². The number of allylic oxidation sites excluding steroid dienone is 4. The SMILES string of the molecule is CCCCCCC/C=C\C/C=C\CCCCCCCCCCCCCC(=O)OC(CO)COC(=O)CCCCCCCCCCCCCCCCCCCCCCCCCCCCCCCCCCC. The minimum absolute atomic E-state index is 0.0605. The molecule has 5 nitrogen and oxygen atoms in total. The maximum absolute atomic E-state index is 12.3. The Bertz CT molecular complexity index is 1070. The van der Waals surface area contributed by atoms with E-state index in [2.05, 4.69) is 38.2 Å². The number of carbonyl (C=O) groups is 2. The molecule has 1 atom stereocenters. The topological polar surface area (TPSA) is 72.8 Å². The number of aliphatic hydroxyl groups is 1. The van der Waals surface area contributed by atoms with Crippen molar-refractivity contribution in [1.29, 1.82) is 0 Å². The lowest BCUT2D eigenvalue weighted by atomic mass is 10.0. The van der Waals surface area contributed by atoms with Crippen molar-refractivity contribution in [2.24, 2.45) is 0 Å². The van der Waals surface area contributed by atoms with E-state index in [1.807, 2.05) is 0 Å². The summed E-state index contributed by atoms with van der Waals surface area (Å²) < 4.78 is 10.7. The van der Waals surface area contributed by atoms with Gasteiger partial charge in [0.05, 0.1) is 6.61 Å². The molecule has 70 heavy (non-hydrogen) atoms. The number of rotatable bonds is 60. The van der Waals surface area contributed by atoms with E-state index in [0.717, 1.165) is 38.5 Å². The van der Waals surface area contributed by atoms with Crippen LogP contribution in [0.2, 0.25) is 0 Å². The Morgan fingerprint density at radius 2 is 0.571 bits per heavy atom. The third kappa shape index (κ3) is 58.9. The van der Waals surface area contributed by atoms with E-state index in [1.165, 1.54) is 295 Å². The van der Waals surface area contributed by atoms with Crippen LogP contribution in [0.4, 0.5) is 0 Å². The van der Waals surface area contributed by atoms with E-state index in [0.29, 0.717) is 12.8 Å². The number of carbonyl (C=O) groups excluding carboxylic acids is 2. The highest BCUT2D eigenvalue weighted by Crippen LogP contribution is 2.18. The molecule has 0 bridgehead atoms. The van der Waals surface area contributed by atoms with Crippen LogP contribution in [0, 0.1) is 0 Å². The standard InChI is InChI=1S/C65H124O5/c1-3-5-7-9-11-13-15-17-19-21-23-25-27-28-29-30-31-32-33-34-35-36-38-39-41-43-45-47-49-51-53-55-57-59-64(67)69-62-63(61-66)70-65(68)60-58-56-54-52-50-48-46-44-42-40-37-26-24-22-20-18-16-14-12-10-8-6-4-2/h16,18,22,24,63,66H,3-15,17,19-21,23,25-62H2,1-2H3/b18-16-,24-22-. The van der Waals surface area contributed by atoms with E-state index in [1.54, 1.807) is 0 Å². The minimum Gasteiger partial charge on any atom is -0.462 e. The monoisotopic (exact) mass is 985 g/mol. The molecule has 5 heteroatoms. The van der Waals surface area contributed by atoms with Gasteiger partial charge in [0.2, 0.25) is 0 Å². The predicted octanol–water partition coefficient (Wildman–Crippen LogP) is 21.7. The number of unbranched alkanes of at least 4 members (excludes halogenated alkanes) is 48. The first-order valence-corrected chi connectivity index (χ1v) is 31.9. The summed E-state index contributed by atoms with van der Waals surface area (Å²) in [5, 5.41) is 9.67. The van der Waals surface area contributed by atoms with Crippen LogP contribution in [0.1, 0.15) is 361 Å². The molecule has 0 aromatic carbocycles. The molecular weight excluding hydrogens is 861 g/mol. The van der Waals surface area contributed by atoms with Gasteiger partial charge in [-0.15, -0.1) is 0 Å². The second kappa shape index (κ2) is 61.7. The Labute approximate surface area is 438 Å². The van der Waals surface area contributed by atoms with E-state index in [4.69, 9.17) is 9.47 Å². The van der Waals surface area contributed by atoms with Crippen molar-refractivity contribution in [3.05, 3.63) is 24.3 Å². The van der Waals surface area contributed by atoms with Gasteiger partial charge in [-0.2, -0.15) is 0 Å². The van der Waals surface area contributed by atoms with Gasteiger partial charge in [0.1, 0.15) is 6.61 Å². The Morgan fingerprint density at radius 1 is 0.329 bits per heavy atom. The fourth-order valence-electron chi connectivity index (χ4n) is 9.94. The number of hydrogen-bond acceptors (Lipinski definition) is 5. The van der Waals surface area contributed by atoms with Gasteiger partial charge in [0.25, 0.3) is 0 Å². The fraction of sp³-hybridized carbons (Fsp3) is 0.908. The Kier molecular flexibility index (Phi) is 60.3. The molecule has 0 fully saturated rings. The third-order valence-corrected chi connectivity index (χ3v) is 14.7. The highest BCUT2D eigenvalue weighted by atomic mass is 16.6. The van der Waals surface area contributed by atoms with Crippen molar-refractivity contribution in [3.8, 4) is 0 Å². The largest absolute Gasteiger partial charge is 0.462 e. The summed E-state index contributed by atoms with van der Waals surface area (Å²) in [6, 6.07) is 0. The smallest absolute Gasteiger partial charge is 0.306 e. The van der Waals surface area contributed by atoms with Crippen molar-refractivity contribution in [2.75, 3.05) is 13.2 Å². The summed E-state index contributed by atoms with van der Waals surface area (Å²) in [6.07, 6.45) is 79.1. The molecule has 0 amide bonds. The van der Waals surface area contributed by atoms with Crippen LogP contribution >= 0.6 is 0 Å². The van der Waals surface area contributed by atoms with Crippen LogP contribution in [0.25, 0.3) is 0 Å². The quantitative estimate of drug-likeness (QED) is 0.0373. The molecular formula is C65H124O5. The molecule has 0 saturated heterocycles. The van der Waals surface area contributed by atoms with Gasteiger partial charge in [-0.25, -0.2) is 0 Å². The highest BCUT2D eigenvalue weighted by molar-refractivity contribution is 5.70. The van der Waals surface area contributed by atoms with Gasteiger partial charge in [-0.1, -0.05) is 327 Å². The first kappa shape index (κ1) is 68.4. The van der Waals surface area contributed by atoms with Gasteiger partial charge in [0.15, 0.2) is 6.10 Å². The van der Waals surface area contributed by atoms with Crippen LogP contribution in [0.3, 0.4) is 0 Å². The number of ether oxygens (including phenoxy) is 2. The molecule has 0 heterocycles. The van der Waals surface area contributed by atoms with Crippen molar-refractivity contribution in [3.63, 3.8) is 0 Å². The molecule has 0 radical (unpaired) electrons. The zero-order chi connectivity index (χ0) is 50.6. The van der Waals surface area contributed by atoms with Crippen LogP contribution < -0.4 is 0 Å². The van der Waals surface area contributed by atoms with E-state index in [9.17, 15) is 14.7 Å². The molecule has 0 aliphatic heterocycles. The van der Waals surface area contributed by atoms with Gasteiger partial charge < -0.3 is 14.6 Å². The normalized spacial score (nSPS) is 12.2. The molecule has 0 rings (SSSR count). The lowest BCUT2D eigenvalue weighted by Crippen LogP contribution is -2.28. The molecule has 1 unspecified atom stereocenters. The first-order chi connectivity index (χ1) is 34.6. The Morgan fingerprint density at radius 3 is 0.843 bits per heavy atom. The molecule has 0 aliphatic carbocycles. The third-order valence-electron chi connectivity index (χ3n) is 14.7. The number of esters is 2. The summed E-state index contributed by atoms with van der Waals surface area (Å²) in [4.78, 5) is 24.6. The van der Waals surface area contributed by atoms with E-state index < -0.39 is 6.10 Å². The lowest BCUT2D eigenvalue weighted by molar-refractivity contribution is -0.161. The predicted molar refractivity (Wildman–Crippen MR) is 307 cm³/mol. The average molecular weight is 986 g/mol. The molecule has 414 valence electrons. The highest BCUT2D eigenvalue weighted by Gasteiger charge is 2.16. The van der Waals surface area contributed by atoms with Crippen LogP contribution in [-0.4, -0.2) is 36.4 Å². The van der Waals surface area contributed by atoms with Crippen LogP contribution in [0.15, 0.2) is 24.3 Å². The summed E-state index contributed by atoms with van der Waals surface area (Å²) in [7, 11) is 0. The molecule has 0 aromatic rings. The molecule has 1 N–H and O–H groups in total. The van der Waals surface area contributed by atoms with Gasteiger partial charge in [-0.3, -0.25) is 9.59 Å². The van der Waals surface area contributed by atoms with Gasteiger partial charge >= 0.3 is 11.9 Å². The van der Waals surface area contributed by atoms with Crippen LogP contribution in [-0.2, 0) is 19.1 Å². The summed E-state index contributed by atoms with van der Waals surface area (Å²) in [5.41, 5.74) is 0. The van der Waals surface area contributed by atoms with Crippen molar-refractivity contribution in [2.45, 2.75) is 367 Å². The average Bonchev–Trinajstić information content (AvgIpc) is 3.36. The number of hydrogen-bond donors (Lipinski definition) is 1. The van der Waals surface area contributed by atoms with Gasteiger partial charge in [0, 0.05) is 12.8 Å². The second-order valence-electron chi connectivity index (χ2n) is 21.9. The lowest BCUT2D eigenvalue weighted by Gasteiger charge is -2.15. The fourth-order valence-corrected chi connectivity index (χ4v) is 9.94. The van der Waals surface area contributed by atoms with Crippen LogP contribution in [0.5, 0.6) is 0 Å². The van der Waals surface area contributed by atoms with E-state index >= 15 is 0 Å². The first-order valence-electron chi connectivity index (χ1n) is 31.9.